The molecule has 4 aromatic rings. The zero-order valence-corrected chi connectivity index (χ0v) is 18.4. The van der Waals surface area contributed by atoms with E-state index in [0.29, 0.717) is 30.4 Å². The number of esters is 1. The van der Waals surface area contributed by atoms with Gasteiger partial charge < -0.3 is 20.4 Å². The van der Waals surface area contributed by atoms with Crippen LogP contribution in [0, 0.1) is 6.92 Å². The number of nitrogens with one attached hydrogen (secondary N) is 3. The Labute approximate surface area is 186 Å². The maximum absolute atomic E-state index is 12.5. The lowest BCUT2D eigenvalue weighted by Gasteiger charge is -2.13. The predicted molar refractivity (Wildman–Crippen MR) is 131 cm³/mol. The number of carbonyl (C=O) groups excluding carboxylic acids is 1. The van der Waals surface area contributed by atoms with Gasteiger partial charge in [-0.1, -0.05) is 48.0 Å². The highest BCUT2D eigenvalue weighted by Crippen LogP contribution is 2.25. The summed E-state index contributed by atoms with van der Waals surface area (Å²) >= 11 is 5.51. The summed E-state index contributed by atoms with van der Waals surface area (Å²) in [7, 11) is 0. The molecule has 0 fully saturated rings. The number of benzene rings is 3. The highest BCUT2D eigenvalue weighted by atomic mass is 32.1. The molecule has 0 unspecified atom stereocenters. The molecule has 0 amide bonds. The first-order valence-corrected chi connectivity index (χ1v) is 10.8. The summed E-state index contributed by atoms with van der Waals surface area (Å²) in [6.45, 7) is 4.78. The van der Waals surface area contributed by atoms with Crippen molar-refractivity contribution in [1.82, 2.24) is 10.3 Å². The second-order valence-electron chi connectivity index (χ2n) is 7.41. The van der Waals surface area contributed by atoms with Crippen molar-refractivity contribution in [3.8, 4) is 0 Å². The molecular weight excluding hydrogens is 406 g/mol. The fraction of sp³-hybridized carbons (Fsp3) is 0.200. The molecular formula is C25H25N3O2S. The van der Waals surface area contributed by atoms with Crippen LogP contribution in [0.3, 0.4) is 0 Å². The normalized spacial score (nSPS) is 10.9. The van der Waals surface area contributed by atoms with E-state index in [2.05, 4.69) is 39.9 Å². The molecule has 0 saturated carbocycles. The molecule has 0 bridgehead atoms. The minimum Gasteiger partial charge on any atom is -0.461 e. The van der Waals surface area contributed by atoms with Gasteiger partial charge in [0, 0.05) is 28.5 Å². The molecule has 6 heteroatoms. The summed E-state index contributed by atoms with van der Waals surface area (Å²) < 4.78 is 5.25. The van der Waals surface area contributed by atoms with Gasteiger partial charge in [0.15, 0.2) is 5.11 Å². The topological polar surface area (TPSA) is 66.2 Å². The minimum absolute atomic E-state index is 0.331. The van der Waals surface area contributed by atoms with Crippen molar-refractivity contribution in [1.29, 1.82) is 0 Å². The monoisotopic (exact) mass is 431 g/mol. The summed E-state index contributed by atoms with van der Waals surface area (Å²) in [6.07, 6.45) is 0.634. The van der Waals surface area contributed by atoms with E-state index in [1.807, 2.05) is 50.2 Å². The number of aryl methyl sites for hydroxylation is 1. The first-order chi connectivity index (χ1) is 15.1. The number of fused-ring (bicyclic) bond motifs is 2. The summed E-state index contributed by atoms with van der Waals surface area (Å²) in [5.41, 5.74) is 4.49. The Hall–Kier alpha value is -3.38. The van der Waals surface area contributed by atoms with E-state index in [9.17, 15) is 4.79 Å². The summed E-state index contributed by atoms with van der Waals surface area (Å²) in [5.74, 6) is -0.331. The fourth-order valence-corrected chi connectivity index (χ4v) is 4.01. The number of H-pyrrole nitrogens is 1. The van der Waals surface area contributed by atoms with Gasteiger partial charge in [0.1, 0.15) is 5.69 Å². The maximum atomic E-state index is 12.5. The number of rotatable bonds is 6. The van der Waals surface area contributed by atoms with Crippen LogP contribution in [0.4, 0.5) is 5.69 Å². The quantitative estimate of drug-likeness (QED) is 0.284. The third-order valence-corrected chi connectivity index (χ3v) is 5.49. The lowest BCUT2D eigenvalue weighted by molar-refractivity contribution is 0.0519. The zero-order valence-electron chi connectivity index (χ0n) is 17.6. The molecule has 0 aliphatic rings. The number of aromatic nitrogens is 1. The molecule has 0 aliphatic carbocycles. The van der Waals surface area contributed by atoms with Crippen LogP contribution in [0.25, 0.3) is 21.7 Å². The number of carbonyl (C=O) groups is 1. The zero-order chi connectivity index (χ0) is 21.8. The standard InChI is InChI=1S/C25H25N3O2S/c1-3-30-24(29)23-19(20-15-16(2)11-12-22(20)27-23)13-14-26-25(31)28-21-10-6-8-17-7-4-5-9-18(17)21/h4-12,15,27H,3,13-14H2,1-2H3,(H2,26,28,31). The highest BCUT2D eigenvalue weighted by Gasteiger charge is 2.18. The second-order valence-corrected chi connectivity index (χ2v) is 7.81. The third-order valence-electron chi connectivity index (χ3n) is 5.24. The van der Waals surface area contributed by atoms with Gasteiger partial charge in [-0.3, -0.25) is 0 Å². The van der Waals surface area contributed by atoms with E-state index in [0.717, 1.165) is 38.5 Å². The molecule has 1 heterocycles. The first-order valence-electron chi connectivity index (χ1n) is 10.4. The van der Waals surface area contributed by atoms with Crippen molar-refractivity contribution in [3.63, 3.8) is 0 Å². The van der Waals surface area contributed by atoms with Crippen LogP contribution in [-0.4, -0.2) is 29.2 Å². The smallest absolute Gasteiger partial charge is 0.355 e. The van der Waals surface area contributed by atoms with Gasteiger partial charge in [0.25, 0.3) is 0 Å². The summed E-state index contributed by atoms with van der Waals surface area (Å²) in [5, 5.41) is 10.4. The molecule has 3 N–H and O–H groups in total. The van der Waals surface area contributed by atoms with Gasteiger partial charge in [-0.05, 0) is 61.6 Å². The number of aromatic amines is 1. The Morgan fingerprint density at radius 2 is 1.87 bits per heavy atom. The van der Waals surface area contributed by atoms with Crippen LogP contribution in [0.1, 0.15) is 28.5 Å². The predicted octanol–water partition coefficient (Wildman–Crippen LogP) is 5.34. The van der Waals surface area contributed by atoms with Crippen molar-refractivity contribution in [2.24, 2.45) is 0 Å². The number of ether oxygens (including phenoxy) is 1. The van der Waals surface area contributed by atoms with Crippen molar-refractivity contribution in [2.75, 3.05) is 18.5 Å². The average molecular weight is 432 g/mol. The van der Waals surface area contributed by atoms with Crippen LogP contribution in [0.15, 0.2) is 60.7 Å². The Morgan fingerprint density at radius 3 is 2.71 bits per heavy atom. The van der Waals surface area contributed by atoms with Gasteiger partial charge in [-0.2, -0.15) is 0 Å². The summed E-state index contributed by atoms with van der Waals surface area (Å²) in [6, 6.07) is 20.4. The fourth-order valence-electron chi connectivity index (χ4n) is 3.80. The Kier molecular flexibility index (Phi) is 6.18. The lowest BCUT2D eigenvalue weighted by atomic mass is 10.1. The molecule has 5 nitrogen and oxygen atoms in total. The van der Waals surface area contributed by atoms with E-state index < -0.39 is 0 Å². The van der Waals surface area contributed by atoms with Crippen LogP contribution in [-0.2, 0) is 11.2 Å². The number of hydrogen-bond donors (Lipinski definition) is 3. The molecule has 3 aromatic carbocycles. The first kappa shape index (κ1) is 20.9. The van der Waals surface area contributed by atoms with Crippen LogP contribution < -0.4 is 10.6 Å². The maximum Gasteiger partial charge on any atom is 0.355 e. The van der Waals surface area contributed by atoms with E-state index in [1.165, 1.54) is 0 Å². The van der Waals surface area contributed by atoms with E-state index in [-0.39, 0.29) is 5.97 Å². The molecule has 158 valence electrons. The minimum atomic E-state index is -0.331. The third kappa shape index (κ3) is 4.54. The molecule has 1 aromatic heterocycles. The average Bonchev–Trinajstić information content (AvgIpc) is 3.12. The van der Waals surface area contributed by atoms with Crippen molar-refractivity contribution in [2.45, 2.75) is 20.3 Å². The second kappa shape index (κ2) is 9.18. The van der Waals surface area contributed by atoms with Crippen LogP contribution in [0.5, 0.6) is 0 Å². The molecule has 4 rings (SSSR count). The Balaban J connectivity index is 1.48. The number of anilines is 1. The van der Waals surface area contributed by atoms with Crippen molar-refractivity contribution >= 4 is 50.7 Å². The molecule has 0 radical (unpaired) electrons. The SMILES string of the molecule is CCOC(=O)c1[nH]c2ccc(C)cc2c1CCNC(=S)Nc1cccc2ccccc12. The summed E-state index contributed by atoms with van der Waals surface area (Å²) in [4.78, 5) is 15.7. The molecule has 0 atom stereocenters. The largest absolute Gasteiger partial charge is 0.461 e. The van der Waals surface area contributed by atoms with Crippen LogP contribution in [0.2, 0.25) is 0 Å². The Bertz CT molecular complexity index is 1260. The van der Waals surface area contributed by atoms with Gasteiger partial charge in [-0.15, -0.1) is 0 Å². The van der Waals surface area contributed by atoms with E-state index in [1.54, 1.807) is 0 Å². The van der Waals surface area contributed by atoms with Crippen LogP contribution >= 0.6 is 12.2 Å². The number of thiocarbonyl (C=S) groups is 1. The van der Waals surface area contributed by atoms with Crippen molar-refractivity contribution in [3.05, 3.63) is 77.5 Å². The molecule has 0 saturated heterocycles. The molecule has 0 aliphatic heterocycles. The van der Waals surface area contributed by atoms with E-state index >= 15 is 0 Å². The van der Waals surface area contributed by atoms with Gasteiger partial charge in [-0.25, -0.2) is 4.79 Å². The van der Waals surface area contributed by atoms with Gasteiger partial charge in [0.2, 0.25) is 0 Å². The number of hydrogen-bond acceptors (Lipinski definition) is 3. The van der Waals surface area contributed by atoms with Gasteiger partial charge in [0.05, 0.1) is 6.61 Å². The highest BCUT2D eigenvalue weighted by molar-refractivity contribution is 7.80. The van der Waals surface area contributed by atoms with E-state index in [4.69, 9.17) is 17.0 Å². The van der Waals surface area contributed by atoms with Gasteiger partial charge >= 0.3 is 5.97 Å². The van der Waals surface area contributed by atoms with Crippen molar-refractivity contribution < 1.29 is 9.53 Å². The lowest BCUT2D eigenvalue weighted by Crippen LogP contribution is -2.30. The molecule has 0 spiro atoms. The molecule has 31 heavy (non-hydrogen) atoms. The Morgan fingerprint density at radius 1 is 1.06 bits per heavy atom.